The Balaban J connectivity index is 0.000000300. The molecule has 0 saturated heterocycles. The Hall–Kier alpha value is -3.97. The quantitative estimate of drug-likeness (QED) is 0.330. The van der Waals surface area contributed by atoms with Gasteiger partial charge in [0.15, 0.2) is 0 Å². The van der Waals surface area contributed by atoms with E-state index in [1.165, 1.54) is 21.9 Å². The van der Waals surface area contributed by atoms with Crippen molar-refractivity contribution in [1.29, 1.82) is 0 Å². The summed E-state index contributed by atoms with van der Waals surface area (Å²) in [6, 6.07) is 43.5. The summed E-state index contributed by atoms with van der Waals surface area (Å²) < 4.78 is 0. The minimum atomic E-state index is -1.22. The molecule has 0 heterocycles. The van der Waals surface area contributed by atoms with Gasteiger partial charge in [-0.15, -0.1) is 0 Å². The number of benzene rings is 4. The second-order valence-corrected chi connectivity index (χ2v) is 7.99. The van der Waals surface area contributed by atoms with Gasteiger partial charge < -0.3 is 0 Å². The minimum Gasteiger partial charge on any atom is -0.195 e. The summed E-state index contributed by atoms with van der Waals surface area (Å²) in [6.07, 6.45) is 8.66. The van der Waals surface area contributed by atoms with Crippen molar-refractivity contribution in [2.24, 2.45) is 0 Å². The first kappa shape index (κ1) is 21.3. The largest absolute Gasteiger partial charge is 0.195 e. The van der Waals surface area contributed by atoms with Crippen LogP contribution in [0.1, 0.15) is 0 Å². The average Bonchev–Trinajstić information content (AvgIpc) is 2.88. The van der Waals surface area contributed by atoms with E-state index in [-0.39, 0.29) is 0 Å². The number of allylic oxidation sites excluding steroid dienone is 5. The van der Waals surface area contributed by atoms with Gasteiger partial charge in [0.05, 0.1) is 5.57 Å². The molecule has 1 aliphatic rings. The van der Waals surface area contributed by atoms with Gasteiger partial charge >= 0.3 is 0 Å². The van der Waals surface area contributed by atoms with E-state index in [0.29, 0.717) is 0 Å². The van der Waals surface area contributed by atoms with Crippen LogP contribution in [0.4, 0.5) is 0 Å². The maximum atomic E-state index is 3.72. The maximum Gasteiger partial charge on any atom is 0.108 e. The summed E-state index contributed by atoms with van der Waals surface area (Å²) in [6.45, 7) is 3.72. The van der Waals surface area contributed by atoms with Crippen LogP contribution in [-0.4, -0.2) is 6.15 Å². The van der Waals surface area contributed by atoms with Crippen molar-refractivity contribution in [3.05, 3.63) is 164 Å². The first-order valence-corrected chi connectivity index (χ1v) is 11.1. The van der Waals surface area contributed by atoms with E-state index >= 15 is 0 Å². The topological polar surface area (TPSA) is 0 Å². The standard InChI is InChI=1S/C24H20B.C7H7/c1-5-13-21(14-6-1)25(22-15-7-2-8-16-22,23-17-9-3-10-18-23)24-19-11-4-12-20-24;1-7-5-3-2-4-6-7/h1-20H;2-6H,1H2/q-1;+1. The van der Waals surface area contributed by atoms with Gasteiger partial charge in [0.2, 0.25) is 0 Å². The van der Waals surface area contributed by atoms with Crippen LogP contribution in [0.2, 0.25) is 0 Å². The number of rotatable bonds is 4. The van der Waals surface area contributed by atoms with E-state index in [0.717, 1.165) is 5.57 Å². The van der Waals surface area contributed by atoms with Gasteiger partial charge in [-0.2, -0.15) is 21.9 Å². The molecule has 4 aromatic carbocycles. The highest BCUT2D eigenvalue weighted by atomic mass is 14.1. The van der Waals surface area contributed by atoms with Gasteiger partial charge in [0, 0.05) is 30.7 Å². The van der Waals surface area contributed by atoms with Crippen molar-refractivity contribution >= 4 is 28.0 Å². The third kappa shape index (κ3) is 4.53. The predicted octanol–water partition coefficient (Wildman–Crippen LogP) is 4.94. The van der Waals surface area contributed by atoms with E-state index < -0.39 is 6.15 Å². The molecule has 0 fully saturated rings. The molecule has 0 amide bonds. The highest BCUT2D eigenvalue weighted by molar-refractivity contribution is 7.19. The Morgan fingerprint density at radius 3 is 1.03 bits per heavy atom. The summed E-state index contributed by atoms with van der Waals surface area (Å²) in [5, 5.41) is 0. The van der Waals surface area contributed by atoms with Gasteiger partial charge in [0.1, 0.15) is 6.15 Å². The van der Waals surface area contributed by atoms with E-state index in [1.54, 1.807) is 0 Å². The minimum absolute atomic E-state index is 1.07. The van der Waals surface area contributed by atoms with E-state index in [9.17, 15) is 0 Å². The Bertz CT molecular complexity index is 1010. The summed E-state index contributed by atoms with van der Waals surface area (Å²) in [4.78, 5) is 0. The molecule has 1 aliphatic carbocycles. The number of hydrogen-bond donors (Lipinski definition) is 0. The van der Waals surface area contributed by atoms with Crippen molar-refractivity contribution in [2.75, 3.05) is 0 Å². The molecule has 1 heteroatoms. The zero-order chi connectivity index (χ0) is 22.1. The molecule has 0 atom stereocenters. The lowest BCUT2D eigenvalue weighted by atomic mass is 9.13. The highest BCUT2D eigenvalue weighted by Crippen LogP contribution is 2.09. The lowest BCUT2D eigenvalue weighted by Crippen LogP contribution is -2.74. The second-order valence-electron chi connectivity index (χ2n) is 7.99. The van der Waals surface area contributed by atoms with Crippen LogP contribution in [0.5, 0.6) is 0 Å². The SMILES string of the molecule is C=C1C=CC=C[CH+]1.c1ccc([B-](c2ccccc2)(c2ccccc2)c2ccccc2)cc1. The fraction of sp³-hybridized carbons (Fsp3) is 0. The summed E-state index contributed by atoms with van der Waals surface area (Å²) in [5.74, 6) is 0. The summed E-state index contributed by atoms with van der Waals surface area (Å²) in [5.41, 5.74) is 6.43. The zero-order valence-electron chi connectivity index (χ0n) is 18.2. The van der Waals surface area contributed by atoms with Gasteiger partial charge in [-0.25, -0.2) is 0 Å². The van der Waals surface area contributed by atoms with Crippen LogP contribution in [-0.2, 0) is 0 Å². The molecule has 0 unspecified atom stereocenters. The van der Waals surface area contributed by atoms with Gasteiger partial charge in [-0.3, -0.25) is 0 Å². The van der Waals surface area contributed by atoms with Crippen molar-refractivity contribution in [3.63, 3.8) is 0 Å². The van der Waals surface area contributed by atoms with Crippen LogP contribution in [0.25, 0.3) is 0 Å². The van der Waals surface area contributed by atoms with Gasteiger partial charge in [0.25, 0.3) is 0 Å². The van der Waals surface area contributed by atoms with Gasteiger partial charge in [-0.05, 0) is 6.58 Å². The van der Waals surface area contributed by atoms with E-state index in [1.807, 2.05) is 30.7 Å². The zero-order valence-corrected chi connectivity index (χ0v) is 18.2. The molecule has 0 saturated carbocycles. The summed E-state index contributed by atoms with van der Waals surface area (Å²) in [7, 11) is 0. The molecule has 0 nitrogen and oxygen atoms in total. The van der Waals surface area contributed by atoms with Crippen molar-refractivity contribution in [1.82, 2.24) is 0 Å². The Labute approximate surface area is 192 Å². The van der Waals surface area contributed by atoms with Crippen LogP contribution < -0.4 is 21.9 Å². The Morgan fingerprint density at radius 2 is 0.812 bits per heavy atom. The maximum absolute atomic E-state index is 3.72. The normalized spacial score (nSPS) is 12.4. The highest BCUT2D eigenvalue weighted by Gasteiger charge is 2.30. The average molecular weight is 410 g/mol. The summed E-state index contributed by atoms with van der Waals surface area (Å²) >= 11 is 0. The van der Waals surface area contributed by atoms with Crippen LogP contribution in [0.3, 0.4) is 0 Å². The molecule has 0 aromatic heterocycles. The molecule has 0 radical (unpaired) electrons. The van der Waals surface area contributed by atoms with E-state index in [2.05, 4.69) is 128 Å². The molecule has 0 N–H and O–H groups in total. The molecule has 0 aliphatic heterocycles. The Kier molecular flexibility index (Phi) is 6.89. The molecule has 0 spiro atoms. The van der Waals surface area contributed by atoms with Crippen LogP contribution in [0, 0.1) is 6.42 Å². The fourth-order valence-electron chi connectivity index (χ4n) is 4.60. The van der Waals surface area contributed by atoms with Gasteiger partial charge in [-0.1, -0.05) is 121 Å². The predicted molar refractivity (Wildman–Crippen MR) is 142 cm³/mol. The smallest absolute Gasteiger partial charge is 0.108 e. The lowest BCUT2D eigenvalue weighted by Gasteiger charge is -2.44. The fourth-order valence-corrected chi connectivity index (χ4v) is 4.60. The van der Waals surface area contributed by atoms with Crippen molar-refractivity contribution < 1.29 is 0 Å². The molecular weight excluding hydrogens is 383 g/mol. The molecule has 154 valence electrons. The van der Waals surface area contributed by atoms with Crippen molar-refractivity contribution in [3.8, 4) is 0 Å². The Morgan fingerprint density at radius 1 is 0.469 bits per heavy atom. The molecule has 5 rings (SSSR count). The number of hydrogen-bond acceptors (Lipinski definition) is 0. The first-order valence-electron chi connectivity index (χ1n) is 11.1. The van der Waals surface area contributed by atoms with Crippen LogP contribution in [0.15, 0.2) is 158 Å². The monoisotopic (exact) mass is 410 g/mol. The third-order valence-electron chi connectivity index (χ3n) is 6.04. The molecule has 0 bridgehead atoms. The van der Waals surface area contributed by atoms with E-state index in [4.69, 9.17) is 0 Å². The lowest BCUT2D eigenvalue weighted by molar-refractivity contribution is 1.56. The van der Waals surface area contributed by atoms with Crippen molar-refractivity contribution in [2.45, 2.75) is 0 Å². The first-order chi connectivity index (χ1) is 15.8. The van der Waals surface area contributed by atoms with Crippen LogP contribution >= 0.6 is 0 Å². The second kappa shape index (κ2) is 10.4. The molecular formula is C31H27B. The molecule has 4 aromatic rings. The molecule has 32 heavy (non-hydrogen) atoms. The third-order valence-corrected chi connectivity index (χ3v) is 6.04.